The molecule has 24 heavy (non-hydrogen) atoms. The Morgan fingerprint density at radius 1 is 1.25 bits per heavy atom. The van der Waals surface area contributed by atoms with Gasteiger partial charge in [-0.05, 0) is 12.0 Å². The second kappa shape index (κ2) is 7.37. The van der Waals surface area contributed by atoms with Gasteiger partial charge in [-0.25, -0.2) is 9.97 Å². The fourth-order valence-electron chi connectivity index (χ4n) is 2.91. The van der Waals surface area contributed by atoms with Crippen molar-refractivity contribution in [3.8, 4) is 0 Å². The Labute approximate surface area is 140 Å². The summed E-state index contributed by atoms with van der Waals surface area (Å²) in [5.74, 6) is -0.277. The average Bonchev–Trinajstić information content (AvgIpc) is 2.96. The third kappa shape index (κ3) is 4.06. The topological polar surface area (TPSA) is 104 Å². The molecule has 3 rings (SSSR count). The van der Waals surface area contributed by atoms with Gasteiger partial charge < -0.3 is 16.2 Å². The van der Waals surface area contributed by atoms with Crippen molar-refractivity contribution in [2.24, 2.45) is 5.73 Å². The van der Waals surface area contributed by atoms with Gasteiger partial charge in [-0.2, -0.15) is 0 Å². The van der Waals surface area contributed by atoms with Gasteiger partial charge in [-0.3, -0.25) is 9.69 Å². The lowest BCUT2D eigenvalue weighted by atomic mass is 10.2. The highest BCUT2D eigenvalue weighted by atomic mass is 16.4. The molecule has 1 fully saturated rings. The Bertz CT molecular complexity index is 677. The summed E-state index contributed by atoms with van der Waals surface area (Å²) in [7, 11) is 0. The molecule has 2 aromatic rings. The normalized spacial score (nSPS) is 20.9. The summed E-state index contributed by atoms with van der Waals surface area (Å²) in [6, 6.07) is 9.38. The van der Waals surface area contributed by atoms with Crippen LogP contribution in [0.5, 0.6) is 0 Å². The molecule has 7 nitrogen and oxygen atoms in total. The number of nitrogens with zero attached hydrogens (tertiary/aromatic N) is 3. The Hall–Kier alpha value is -2.51. The van der Waals surface area contributed by atoms with Gasteiger partial charge in [0.15, 0.2) is 0 Å². The van der Waals surface area contributed by atoms with Crippen molar-refractivity contribution in [3.05, 3.63) is 53.9 Å². The minimum absolute atomic E-state index is 0.0983. The van der Waals surface area contributed by atoms with Gasteiger partial charge in [-0.15, -0.1) is 0 Å². The summed E-state index contributed by atoms with van der Waals surface area (Å²) in [6.07, 6.45) is 3.93. The van der Waals surface area contributed by atoms with E-state index in [1.165, 1.54) is 0 Å². The van der Waals surface area contributed by atoms with Crippen LogP contribution in [-0.2, 0) is 17.9 Å². The van der Waals surface area contributed by atoms with Gasteiger partial charge in [-0.1, -0.05) is 30.3 Å². The first-order valence-corrected chi connectivity index (χ1v) is 7.93. The van der Waals surface area contributed by atoms with E-state index in [1.54, 1.807) is 12.4 Å². The molecule has 0 aliphatic carbocycles. The average molecular weight is 327 g/mol. The maximum Gasteiger partial charge on any atom is 0.320 e. The molecule has 1 aromatic carbocycles. The quantitative estimate of drug-likeness (QED) is 0.729. The molecule has 4 N–H and O–H groups in total. The summed E-state index contributed by atoms with van der Waals surface area (Å²) in [5.41, 5.74) is 7.91. The van der Waals surface area contributed by atoms with E-state index in [1.807, 2.05) is 35.2 Å². The van der Waals surface area contributed by atoms with Gasteiger partial charge in [0, 0.05) is 43.6 Å². The number of anilines is 1. The number of hydrogen-bond acceptors (Lipinski definition) is 6. The Morgan fingerprint density at radius 3 is 2.62 bits per heavy atom. The van der Waals surface area contributed by atoms with Crippen molar-refractivity contribution >= 4 is 11.9 Å². The molecule has 0 unspecified atom stereocenters. The van der Waals surface area contributed by atoms with E-state index in [0.717, 1.165) is 11.1 Å². The molecule has 7 heteroatoms. The highest BCUT2D eigenvalue weighted by Crippen LogP contribution is 2.19. The van der Waals surface area contributed by atoms with Crippen LogP contribution in [0.25, 0.3) is 0 Å². The van der Waals surface area contributed by atoms with Crippen LogP contribution in [0, 0.1) is 0 Å². The number of carboxylic acid groups (broad SMARTS) is 1. The molecule has 0 bridgehead atoms. The number of rotatable bonds is 6. The monoisotopic (exact) mass is 327 g/mol. The first-order chi connectivity index (χ1) is 11.6. The Morgan fingerprint density at radius 2 is 1.96 bits per heavy atom. The standard InChI is InChI=1S/C17H21N5O2/c18-14-6-15(16(23)24)22(11-14)10-13-8-20-17(21-9-13)19-7-12-4-2-1-3-5-12/h1-5,8-9,14-15H,6-7,10-11,18H2,(H,23,24)(H,19,20,21)/t14-,15-/m0/s1. The van der Waals surface area contributed by atoms with E-state index in [-0.39, 0.29) is 6.04 Å². The van der Waals surface area contributed by atoms with Gasteiger partial charge >= 0.3 is 5.97 Å². The SMILES string of the molecule is N[C@H]1C[C@@H](C(=O)O)N(Cc2cnc(NCc3ccccc3)nc2)C1. The van der Waals surface area contributed by atoms with E-state index in [0.29, 0.717) is 32.0 Å². The predicted molar refractivity (Wildman–Crippen MR) is 90.2 cm³/mol. The zero-order valence-electron chi connectivity index (χ0n) is 13.3. The molecule has 0 saturated carbocycles. The minimum Gasteiger partial charge on any atom is -0.480 e. The van der Waals surface area contributed by atoms with Crippen molar-refractivity contribution in [2.45, 2.75) is 31.6 Å². The summed E-state index contributed by atoms with van der Waals surface area (Å²) in [6.45, 7) is 1.72. The summed E-state index contributed by atoms with van der Waals surface area (Å²) in [5, 5.41) is 12.4. The molecule has 1 aliphatic rings. The number of nitrogens with one attached hydrogen (secondary N) is 1. The summed E-state index contributed by atoms with van der Waals surface area (Å²) >= 11 is 0. The van der Waals surface area contributed by atoms with Gasteiger partial charge in [0.1, 0.15) is 6.04 Å². The van der Waals surface area contributed by atoms with Gasteiger partial charge in [0.25, 0.3) is 0 Å². The number of carboxylic acids is 1. The molecule has 0 spiro atoms. The van der Waals surface area contributed by atoms with Crippen LogP contribution >= 0.6 is 0 Å². The lowest BCUT2D eigenvalue weighted by Gasteiger charge is -2.20. The van der Waals surface area contributed by atoms with Crippen LogP contribution < -0.4 is 11.1 Å². The van der Waals surface area contributed by atoms with Crippen LogP contribution in [0.2, 0.25) is 0 Å². The molecule has 2 heterocycles. The number of hydrogen-bond donors (Lipinski definition) is 3. The number of carbonyl (C=O) groups is 1. The van der Waals surface area contributed by atoms with E-state index in [2.05, 4.69) is 15.3 Å². The van der Waals surface area contributed by atoms with Crippen LogP contribution in [0.15, 0.2) is 42.7 Å². The predicted octanol–water partition coefficient (Wildman–Crippen LogP) is 1.07. The maximum absolute atomic E-state index is 11.3. The van der Waals surface area contributed by atoms with Gasteiger partial charge in [0.05, 0.1) is 0 Å². The molecule has 1 aliphatic heterocycles. The first kappa shape index (κ1) is 16.4. The third-order valence-corrected chi connectivity index (χ3v) is 4.11. The van der Waals surface area contributed by atoms with E-state index in [9.17, 15) is 9.90 Å². The van der Waals surface area contributed by atoms with E-state index >= 15 is 0 Å². The lowest BCUT2D eigenvalue weighted by molar-refractivity contribution is -0.142. The summed E-state index contributed by atoms with van der Waals surface area (Å²) in [4.78, 5) is 21.7. The van der Waals surface area contributed by atoms with Crippen molar-refractivity contribution in [1.82, 2.24) is 14.9 Å². The molecular formula is C17H21N5O2. The highest BCUT2D eigenvalue weighted by molar-refractivity contribution is 5.74. The smallest absolute Gasteiger partial charge is 0.320 e. The molecule has 1 aromatic heterocycles. The fraction of sp³-hybridized carbons (Fsp3) is 0.353. The second-order valence-electron chi connectivity index (χ2n) is 6.03. The zero-order chi connectivity index (χ0) is 16.9. The Balaban J connectivity index is 1.57. The van der Waals surface area contributed by atoms with E-state index in [4.69, 9.17) is 5.73 Å². The van der Waals surface area contributed by atoms with Crippen LogP contribution in [0.3, 0.4) is 0 Å². The number of aliphatic carboxylic acids is 1. The molecular weight excluding hydrogens is 306 g/mol. The number of nitrogens with two attached hydrogens (primary N) is 1. The van der Waals surface area contributed by atoms with Crippen molar-refractivity contribution in [1.29, 1.82) is 0 Å². The second-order valence-corrected chi connectivity index (χ2v) is 6.03. The van der Waals surface area contributed by atoms with Crippen LogP contribution in [-0.4, -0.2) is 44.6 Å². The molecule has 2 atom stereocenters. The Kier molecular flexibility index (Phi) is 5.02. The number of likely N-dealkylation sites (tertiary alicyclic amines) is 1. The number of benzene rings is 1. The largest absolute Gasteiger partial charge is 0.480 e. The highest BCUT2D eigenvalue weighted by Gasteiger charge is 2.34. The summed E-state index contributed by atoms with van der Waals surface area (Å²) < 4.78 is 0. The van der Waals surface area contributed by atoms with Crippen LogP contribution in [0.1, 0.15) is 17.5 Å². The van der Waals surface area contributed by atoms with Crippen LogP contribution in [0.4, 0.5) is 5.95 Å². The van der Waals surface area contributed by atoms with Crippen molar-refractivity contribution in [2.75, 3.05) is 11.9 Å². The zero-order valence-corrected chi connectivity index (χ0v) is 13.3. The maximum atomic E-state index is 11.3. The third-order valence-electron chi connectivity index (χ3n) is 4.11. The fourth-order valence-corrected chi connectivity index (χ4v) is 2.91. The molecule has 0 radical (unpaired) electrons. The molecule has 126 valence electrons. The first-order valence-electron chi connectivity index (χ1n) is 7.93. The lowest BCUT2D eigenvalue weighted by Crippen LogP contribution is -2.35. The number of aromatic nitrogens is 2. The van der Waals surface area contributed by atoms with Gasteiger partial charge in [0.2, 0.25) is 5.95 Å². The molecule has 0 amide bonds. The van der Waals surface area contributed by atoms with E-state index < -0.39 is 12.0 Å². The minimum atomic E-state index is -0.829. The van der Waals surface area contributed by atoms with Crippen molar-refractivity contribution in [3.63, 3.8) is 0 Å². The van der Waals surface area contributed by atoms with Crippen molar-refractivity contribution < 1.29 is 9.90 Å². The molecule has 1 saturated heterocycles.